The summed E-state index contributed by atoms with van der Waals surface area (Å²) in [7, 11) is 0. The summed E-state index contributed by atoms with van der Waals surface area (Å²) in [6.45, 7) is 2.43. The summed E-state index contributed by atoms with van der Waals surface area (Å²) in [5, 5.41) is 4.55. The summed E-state index contributed by atoms with van der Waals surface area (Å²) < 4.78 is 7.79. The molecule has 1 aromatic carbocycles. The van der Waals surface area contributed by atoms with Crippen LogP contribution in [0.15, 0.2) is 28.8 Å². The number of fused-ring (bicyclic) bond motifs is 1. The van der Waals surface area contributed by atoms with E-state index >= 15 is 0 Å². The van der Waals surface area contributed by atoms with Crippen molar-refractivity contribution in [2.75, 3.05) is 0 Å². The summed E-state index contributed by atoms with van der Waals surface area (Å²) in [5.41, 5.74) is 2.77. The molecule has 0 aliphatic carbocycles. The van der Waals surface area contributed by atoms with Crippen molar-refractivity contribution in [1.29, 1.82) is 0 Å². The Bertz CT molecular complexity index is 771. The molecule has 0 unspecified atom stereocenters. The highest BCUT2D eigenvalue weighted by atomic mass is 35.5. The Morgan fingerprint density at radius 2 is 2.28 bits per heavy atom. The van der Waals surface area contributed by atoms with E-state index in [1.165, 1.54) is 0 Å². The van der Waals surface area contributed by atoms with Crippen molar-refractivity contribution in [3.63, 3.8) is 0 Å². The SMILES string of the molecule is Cc1cc(Cn2c(=S)[nH]c3ccc(Cl)cc32)on1. The van der Waals surface area contributed by atoms with Gasteiger partial charge in [0.2, 0.25) is 0 Å². The molecule has 0 spiro atoms. The summed E-state index contributed by atoms with van der Waals surface area (Å²) >= 11 is 11.3. The van der Waals surface area contributed by atoms with Gasteiger partial charge < -0.3 is 14.1 Å². The van der Waals surface area contributed by atoms with Crippen LogP contribution < -0.4 is 0 Å². The first-order chi connectivity index (χ1) is 8.63. The number of aromatic amines is 1. The molecule has 3 aromatic rings. The molecule has 3 rings (SSSR count). The lowest BCUT2D eigenvalue weighted by Crippen LogP contribution is -1.98. The zero-order chi connectivity index (χ0) is 12.7. The Labute approximate surface area is 113 Å². The van der Waals surface area contributed by atoms with Gasteiger partial charge in [0.1, 0.15) is 0 Å². The van der Waals surface area contributed by atoms with E-state index in [4.69, 9.17) is 28.3 Å². The number of rotatable bonds is 2. The molecule has 0 saturated heterocycles. The van der Waals surface area contributed by atoms with E-state index in [1.807, 2.05) is 35.8 Å². The van der Waals surface area contributed by atoms with Crippen molar-refractivity contribution in [2.45, 2.75) is 13.5 Å². The van der Waals surface area contributed by atoms with Crippen molar-refractivity contribution in [1.82, 2.24) is 14.7 Å². The van der Waals surface area contributed by atoms with Crippen LogP contribution in [0.2, 0.25) is 5.02 Å². The van der Waals surface area contributed by atoms with Gasteiger partial charge in [0, 0.05) is 11.1 Å². The fourth-order valence-electron chi connectivity index (χ4n) is 1.93. The smallest absolute Gasteiger partial charge is 0.178 e. The number of aryl methyl sites for hydroxylation is 1. The Morgan fingerprint density at radius 1 is 1.44 bits per heavy atom. The fraction of sp³-hybridized carbons (Fsp3) is 0.167. The average Bonchev–Trinajstić information content (AvgIpc) is 2.86. The van der Waals surface area contributed by atoms with E-state index in [2.05, 4.69) is 10.1 Å². The van der Waals surface area contributed by atoms with Crippen molar-refractivity contribution in [3.8, 4) is 0 Å². The zero-order valence-electron chi connectivity index (χ0n) is 9.61. The summed E-state index contributed by atoms with van der Waals surface area (Å²) in [6, 6.07) is 7.52. The highest BCUT2D eigenvalue weighted by molar-refractivity contribution is 7.71. The first-order valence-electron chi connectivity index (χ1n) is 5.44. The standard InChI is InChI=1S/C12H10ClN3OS/c1-7-4-9(17-15-7)6-16-11-5-8(13)2-3-10(11)14-12(16)18/h2-5H,6H2,1H3,(H,14,18). The Morgan fingerprint density at radius 3 is 3.00 bits per heavy atom. The molecule has 0 atom stereocenters. The quantitative estimate of drug-likeness (QED) is 0.728. The van der Waals surface area contributed by atoms with Gasteiger partial charge in [-0.05, 0) is 37.3 Å². The lowest BCUT2D eigenvalue weighted by Gasteiger charge is -2.01. The van der Waals surface area contributed by atoms with Crippen LogP contribution in [0.25, 0.3) is 11.0 Å². The molecule has 0 fully saturated rings. The molecule has 0 aliphatic rings. The number of hydrogen-bond acceptors (Lipinski definition) is 3. The predicted molar refractivity (Wildman–Crippen MR) is 72.5 cm³/mol. The maximum atomic E-state index is 6.01. The van der Waals surface area contributed by atoms with E-state index in [0.29, 0.717) is 16.3 Å². The Kier molecular flexibility index (Phi) is 2.72. The first kappa shape index (κ1) is 11.5. The van der Waals surface area contributed by atoms with Crippen molar-refractivity contribution >= 4 is 34.9 Å². The van der Waals surface area contributed by atoms with Crippen LogP contribution in [0.4, 0.5) is 0 Å². The van der Waals surface area contributed by atoms with Crippen LogP contribution in [0.1, 0.15) is 11.5 Å². The Balaban J connectivity index is 2.13. The molecule has 0 saturated carbocycles. The van der Waals surface area contributed by atoms with Gasteiger partial charge in [0.25, 0.3) is 0 Å². The van der Waals surface area contributed by atoms with Gasteiger partial charge in [0.05, 0.1) is 23.3 Å². The molecule has 0 radical (unpaired) electrons. The second-order valence-corrected chi connectivity index (χ2v) is 4.94. The number of nitrogens with zero attached hydrogens (tertiary/aromatic N) is 2. The maximum Gasteiger partial charge on any atom is 0.178 e. The number of nitrogens with one attached hydrogen (secondary N) is 1. The molecule has 2 heterocycles. The minimum Gasteiger partial charge on any atom is -0.359 e. The predicted octanol–water partition coefficient (Wildman–Crippen LogP) is 3.70. The zero-order valence-corrected chi connectivity index (χ0v) is 11.2. The number of benzene rings is 1. The molecule has 2 aromatic heterocycles. The second-order valence-electron chi connectivity index (χ2n) is 4.11. The number of aromatic nitrogens is 3. The van der Waals surface area contributed by atoms with Crippen LogP contribution in [-0.4, -0.2) is 14.7 Å². The maximum absolute atomic E-state index is 6.01. The normalized spacial score (nSPS) is 11.2. The van der Waals surface area contributed by atoms with Crippen LogP contribution in [0, 0.1) is 11.7 Å². The number of imidazole rings is 1. The monoisotopic (exact) mass is 279 g/mol. The summed E-state index contributed by atoms with van der Waals surface area (Å²) in [5.74, 6) is 0.768. The summed E-state index contributed by atoms with van der Waals surface area (Å²) in [6.07, 6.45) is 0. The molecule has 6 heteroatoms. The highest BCUT2D eigenvalue weighted by Crippen LogP contribution is 2.20. The van der Waals surface area contributed by atoms with Crippen LogP contribution in [0.3, 0.4) is 0 Å². The van der Waals surface area contributed by atoms with Gasteiger partial charge in [-0.3, -0.25) is 0 Å². The second kappa shape index (κ2) is 4.26. The van der Waals surface area contributed by atoms with Gasteiger partial charge in [-0.1, -0.05) is 16.8 Å². The van der Waals surface area contributed by atoms with Crippen molar-refractivity contribution in [3.05, 3.63) is 45.5 Å². The van der Waals surface area contributed by atoms with Crippen LogP contribution in [-0.2, 0) is 6.54 Å². The largest absolute Gasteiger partial charge is 0.359 e. The molecule has 0 amide bonds. The molecule has 0 aliphatic heterocycles. The minimum absolute atomic E-state index is 0.542. The topological polar surface area (TPSA) is 46.8 Å². The molecular weight excluding hydrogens is 270 g/mol. The van der Waals surface area contributed by atoms with Gasteiger partial charge in [-0.2, -0.15) is 0 Å². The van der Waals surface area contributed by atoms with Crippen LogP contribution >= 0.6 is 23.8 Å². The van der Waals surface area contributed by atoms with Gasteiger partial charge in [-0.15, -0.1) is 0 Å². The molecule has 1 N–H and O–H groups in total. The molecule has 4 nitrogen and oxygen atoms in total. The van der Waals surface area contributed by atoms with Gasteiger partial charge in [-0.25, -0.2) is 0 Å². The van der Waals surface area contributed by atoms with E-state index in [0.717, 1.165) is 22.5 Å². The highest BCUT2D eigenvalue weighted by Gasteiger charge is 2.08. The van der Waals surface area contributed by atoms with Crippen molar-refractivity contribution in [2.24, 2.45) is 0 Å². The van der Waals surface area contributed by atoms with Gasteiger partial charge >= 0.3 is 0 Å². The fourth-order valence-corrected chi connectivity index (χ4v) is 2.37. The molecule has 0 bridgehead atoms. The Hall–Kier alpha value is -1.59. The lowest BCUT2D eigenvalue weighted by molar-refractivity contribution is 0.373. The lowest BCUT2D eigenvalue weighted by atomic mass is 10.3. The van der Waals surface area contributed by atoms with E-state index in [9.17, 15) is 0 Å². The molecular formula is C12H10ClN3OS. The number of halogens is 1. The first-order valence-corrected chi connectivity index (χ1v) is 6.22. The molecule has 92 valence electrons. The third-order valence-electron chi connectivity index (χ3n) is 2.73. The van der Waals surface area contributed by atoms with E-state index < -0.39 is 0 Å². The van der Waals surface area contributed by atoms with Crippen LogP contribution in [0.5, 0.6) is 0 Å². The summed E-state index contributed by atoms with van der Waals surface area (Å²) in [4.78, 5) is 3.14. The van der Waals surface area contributed by atoms with E-state index in [-0.39, 0.29) is 0 Å². The van der Waals surface area contributed by atoms with Gasteiger partial charge in [0.15, 0.2) is 10.5 Å². The van der Waals surface area contributed by atoms with E-state index in [1.54, 1.807) is 0 Å². The number of hydrogen-bond donors (Lipinski definition) is 1. The minimum atomic E-state index is 0.542. The average molecular weight is 280 g/mol. The molecule has 18 heavy (non-hydrogen) atoms. The third-order valence-corrected chi connectivity index (χ3v) is 3.29. The number of H-pyrrole nitrogens is 1. The van der Waals surface area contributed by atoms with Crippen molar-refractivity contribution < 1.29 is 4.52 Å². The third kappa shape index (κ3) is 1.95.